The van der Waals surface area contributed by atoms with Crippen LogP contribution in [0.4, 0.5) is 5.69 Å². The second-order valence-electron chi connectivity index (χ2n) is 7.33. The molecule has 154 valence electrons. The van der Waals surface area contributed by atoms with Crippen LogP contribution >= 0.6 is 11.8 Å². The van der Waals surface area contributed by atoms with E-state index in [9.17, 15) is 14.9 Å². The number of hydrogen-bond acceptors (Lipinski definition) is 5. The van der Waals surface area contributed by atoms with Crippen LogP contribution in [0.25, 0.3) is 0 Å². The molecule has 0 unspecified atom stereocenters. The van der Waals surface area contributed by atoms with Gasteiger partial charge in [-0.3, -0.25) is 19.8 Å². The smallest absolute Gasteiger partial charge is 0.269 e. The number of likely N-dealkylation sites (tertiary alicyclic amines) is 1. The molecule has 1 aliphatic rings. The highest BCUT2D eigenvalue weighted by atomic mass is 32.2. The molecule has 0 saturated carbocycles. The number of nitro groups is 1. The van der Waals surface area contributed by atoms with Crippen LogP contribution in [0.15, 0.2) is 53.4 Å². The van der Waals surface area contributed by atoms with Crippen molar-refractivity contribution >= 4 is 23.4 Å². The zero-order valence-corrected chi connectivity index (χ0v) is 17.5. The van der Waals surface area contributed by atoms with E-state index in [4.69, 9.17) is 0 Å². The predicted molar refractivity (Wildman–Crippen MR) is 116 cm³/mol. The molecule has 7 heteroatoms. The van der Waals surface area contributed by atoms with Crippen LogP contribution in [0.2, 0.25) is 0 Å². The molecule has 2 aromatic carbocycles. The predicted octanol–water partition coefficient (Wildman–Crippen LogP) is 4.38. The van der Waals surface area contributed by atoms with Gasteiger partial charge in [0, 0.05) is 30.1 Å². The van der Waals surface area contributed by atoms with Crippen molar-refractivity contribution in [2.45, 2.75) is 49.4 Å². The average molecular weight is 414 g/mol. The van der Waals surface area contributed by atoms with Crippen molar-refractivity contribution in [2.75, 3.05) is 13.1 Å². The summed E-state index contributed by atoms with van der Waals surface area (Å²) >= 11 is 1.40. The lowest BCUT2D eigenvalue weighted by Crippen LogP contribution is -2.32. The summed E-state index contributed by atoms with van der Waals surface area (Å²) in [6.45, 7) is 5.57. The van der Waals surface area contributed by atoms with Gasteiger partial charge in [-0.15, -0.1) is 11.8 Å². The second kappa shape index (κ2) is 10.4. The van der Waals surface area contributed by atoms with Gasteiger partial charge >= 0.3 is 0 Å². The Labute approximate surface area is 175 Å². The van der Waals surface area contributed by atoms with Gasteiger partial charge in [-0.1, -0.05) is 30.7 Å². The Kier molecular flexibility index (Phi) is 7.66. The number of carbonyl (C=O) groups excluding carboxylic acids is 1. The van der Waals surface area contributed by atoms with Crippen molar-refractivity contribution in [3.8, 4) is 0 Å². The first-order valence-electron chi connectivity index (χ1n) is 10.0. The van der Waals surface area contributed by atoms with Crippen molar-refractivity contribution < 1.29 is 9.72 Å². The molecule has 3 rings (SSSR count). The monoisotopic (exact) mass is 413 g/mol. The summed E-state index contributed by atoms with van der Waals surface area (Å²) in [4.78, 5) is 26.2. The minimum Gasteiger partial charge on any atom is -0.351 e. The lowest BCUT2D eigenvalue weighted by Gasteiger charge is -2.27. The second-order valence-corrected chi connectivity index (χ2v) is 8.75. The summed E-state index contributed by atoms with van der Waals surface area (Å²) in [7, 11) is 0. The number of rotatable bonds is 8. The third kappa shape index (κ3) is 6.30. The van der Waals surface area contributed by atoms with Crippen molar-refractivity contribution in [3.05, 3.63) is 69.8 Å². The molecule has 2 aromatic rings. The summed E-state index contributed by atoms with van der Waals surface area (Å²) in [6.07, 6.45) is 3.84. The van der Waals surface area contributed by atoms with Crippen molar-refractivity contribution in [2.24, 2.45) is 0 Å². The lowest BCUT2D eigenvalue weighted by molar-refractivity contribution is -0.384. The van der Waals surface area contributed by atoms with Crippen LogP contribution < -0.4 is 5.32 Å². The SMILES string of the molecule is C[C@@H](Sc1ccc([N+](=O)[O-])cc1)C(=O)NCc1ccccc1CN1CCCCC1. The van der Waals surface area contributed by atoms with Gasteiger partial charge in [0.25, 0.3) is 5.69 Å². The van der Waals surface area contributed by atoms with Gasteiger partial charge in [-0.05, 0) is 56.1 Å². The molecule has 29 heavy (non-hydrogen) atoms. The molecule has 1 heterocycles. The van der Waals surface area contributed by atoms with E-state index >= 15 is 0 Å². The number of nitrogens with one attached hydrogen (secondary N) is 1. The zero-order chi connectivity index (χ0) is 20.6. The number of nitro benzene ring substituents is 1. The molecular weight excluding hydrogens is 386 g/mol. The fraction of sp³-hybridized carbons (Fsp3) is 0.409. The van der Waals surface area contributed by atoms with E-state index in [0.717, 1.165) is 30.1 Å². The molecule has 0 radical (unpaired) electrons. The molecular formula is C22H27N3O3S. The molecule has 6 nitrogen and oxygen atoms in total. The van der Waals surface area contributed by atoms with E-state index < -0.39 is 4.92 Å². The van der Waals surface area contributed by atoms with Gasteiger partial charge < -0.3 is 5.32 Å². The largest absolute Gasteiger partial charge is 0.351 e. The average Bonchev–Trinajstić information content (AvgIpc) is 2.74. The van der Waals surface area contributed by atoms with Gasteiger partial charge in [0.1, 0.15) is 0 Å². The first-order valence-corrected chi connectivity index (χ1v) is 10.9. The highest BCUT2D eigenvalue weighted by Crippen LogP contribution is 2.25. The molecule has 0 aliphatic carbocycles. The molecule has 1 saturated heterocycles. The number of nitrogens with zero attached hydrogens (tertiary/aromatic N) is 2. The maximum Gasteiger partial charge on any atom is 0.269 e. The van der Waals surface area contributed by atoms with Crippen LogP contribution in [-0.4, -0.2) is 34.1 Å². The number of hydrogen-bond donors (Lipinski definition) is 1. The minimum absolute atomic E-state index is 0.0406. The topological polar surface area (TPSA) is 75.5 Å². The van der Waals surface area contributed by atoms with E-state index in [1.807, 2.05) is 13.0 Å². The third-order valence-corrected chi connectivity index (χ3v) is 6.26. The van der Waals surface area contributed by atoms with Crippen molar-refractivity contribution in [3.63, 3.8) is 0 Å². The Hall–Kier alpha value is -2.38. The Morgan fingerprint density at radius 2 is 1.76 bits per heavy atom. The summed E-state index contributed by atoms with van der Waals surface area (Å²) < 4.78 is 0. The Balaban J connectivity index is 1.53. The number of benzene rings is 2. The van der Waals surface area contributed by atoms with Gasteiger partial charge in [-0.25, -0.2) is 0 Å². The quantitative estimate of drug-likeness (QED) is 0.395. The molecule has 1 aliphatic heterocycles. The molecule has 1 amide bonds. The first kappa shape index (κ1) is 21.3. The molecule has 1 atom stereocenters. The van der Waals surface area contributed by atoms with E-state index in [2.05, 4.69) is 28.4 Å². The normalized spacial score (nSPS) is 15.6. The highest BCUT2D eigenvalue weighted by molar-refractivity contribution is 8.00. The number of thioether (sulfide) groups is 1. The van der Waals surface area contributed by atoms with Crippen LogP contribution in [0.1, 0.15) is 37.3 Å². The van der Waals surface area contributed by atoms with Crippen molar-refractivity contribution in [1.82, 2.24) is 10.2 Å². The number of non-ortho nitro benzene ring substituents is 1. The van der Waals surface area contributed by atoms with E-state index in [-0.39, 0.29) is 16.8 Å². The molecule has 1 fully saturated rings. The fourth-order valence-electron chi connectivity index (χ4n) is 3.47. The summed E-state index contributed by atoms with van der Waals surface area (Å²) in [6, 6.07) is 14.6. The molecule has 0 aromatic heterocycles. The Morgan fingerprint density at radius 1 is 1.10 bits per heavy atom. The van der Waals surface area contributed by atoms with Gasteiger partial charge in [0.2, 0.25) is 5.91 Å². The van der Waals surface area contributed by atoms with Crippen molar-refractivity contribution in [1.29, 1.82) is 0 Å². The van der Waals surface area contributed by atoms with E-state index in [0.29, 0.717) is 6.54 Å². The molecule has 1 N–H and O–H groups in total. The van der Waals surface area contributed by atoms with Crippen LogP contribution in [0, 0.1) is 10.1 Å². The van der Waals surface area contributed by atoms with Crippen LogP contribution in [-0.2, 0) is 17.9 Å². The van der Waals surface area contributed by atoms with Gasteiger partial charge in [0.15, 0.2) is 0 Å². The number of carbonyl (C=O) groups is 1. The van der Waals surface area contributed by atoms with E-state index in [1.165, 1.54) is 48.7 Å². The number of piperidine rings is 1. The maximum absolute atomic E-state index is 12.5. The summed E-state index contributed by atoms with van der Waals surface area (Å²) in [5.41, 5.74) is 2.47. The standard InChI is InChI=1S/C22H27N3O3S/c1-17(29-21-11-9-20(10-12-21)25(27)28)22(26)23-15-18-7-3-4-8-19(18)16-24-13-5-2-6-14-24/h3-4,7-12,17H,2,5-6,13-16H2,1H3,(H,23,26)/t17-/m1/s1. The first-order chi connectivity index (χ1) is 14.0. The fourth-order valence-corrected chi connectivity index (χ4v) is 4.36. The Bertz CT molecular complexity index is 835. The molecule has 0 spiro atoms. The maximum atomic E-state index is 12.5. The zero-order valence-electron chi connectivity index (χ0n) is 16.7. The lowest BCUT2D eigenvalue weighted by atomic mass is 10.0. The Morgan fingerprint density at radius 3 is 2.41 bits per heavy atom. The molecule has 0 bridgehead atoms. The highest BCUT2D eigenvalue weighted by Gasteiger charge is 2.16. The van der Waals surface area contributed by atoms with Gasteiger partial charge in [-0.2, -0.15) is 0 Å². The summed E-state index contributed by atoms with van der Waals surface area (Å²) in [5, 5.41) is 13.5. The minimum atomic E-state index is -0.425. The number of amides is 1. The van der Waals surface area contributed by atoms with Crippen LogP contribution in [0.3, 0.4) is 0 Å². The van der Waals surface area contributed by atoms with Crippen LogP contribution in [0.5, 0.6) is 0 Å². The van der Waals surface area contributed by atoms with E-state index in [1.54, 1.807) is 12.1 Å². The third-order valence-electron chi connectivity index (χ3n) is 5.14. The summed E-state index contributed by atoms with van der Waals surface area (Å²) in [5.74, 6) is -0.0406. The van der Waals surface area contributed by atoms with Gasteiger partial charge in [0.05, 0.1) is 10.2 Å².